The van der Waals surface area contributed by atoms with Gasteiger partial charge in [0.2, 0.25) is 0 Å². The fourth-order valence-electron chi connectivity index (χ4n) is 3.05. The summed E-state index contributed by atoms with van der Waals surface area (Å²) < 4.78 is 6.75. The largest absolute Gasteiger partial charge is 0.383 e. The van der Waals surface area contributed by atoms with Crippen molar-refractivity contribution in [3.05, 3.63) is 47.0 Å². The third-order valence-corrected chi connectivity index (χ3v) is 4.29. The molecule has 0 aliphatic carbocycles. The monoisotopic (exact) mass is 314 g/mol. The Balaban J connectivity index is 1.78. The van der Waals surface area contributed by atoms with Crippen LogP contribution in [0.1, 0.15) is 12.8 Å². The second-order valence-electron chi connectivity index (χ2n) is 5.81. The zero-order valence-electron chi connectivity index (χ0n) is 13.4. The Hall–Kier alpha value is -2.05. The third kappa shape index (κ3) is 3.83. The first-order chi connectivity index (χ1) is 11.3. The van der Waals surface area contributed by atoms with Gasteiger partial charge in [-0.25, -0.2) is 4.68 Å². The normalized spacial score (nSPS) is 18.4. The van der Waals surface area contributed by atoms with Crippen molar-refractivity contribution in [1.82, 2.24) is 19.7 Å². The molecule has 1 atom stereocenters. The Labute approximate surface area is 135 Å². The van der Waals surface area contributed by atoms with Gasteiger partial charge in [-0.15, -0.1) is 0 Å². The SMILES string of the molecule is COCCN1CCCC1Cn1nc(-c2cccnc2)ccc1=O. The number of likely N-dealkylation sites (tertiary alicyclic amines) is 1. The summed E-state index contributed by atoms with van der Waals surface area (Å²) in [5, 5.41) is 4.53. The first-order valence-electron chi connectivity index (χ1n) is 7.99. The summed E-state index contributed by atoms with van der Waals surface area (Å²) in [7, 11) is 1.72. The van der Waals surface area contributed by atoms with Crippen molar-refractivity contribution in [3.8, 4) is 11.3 Å². The number of hydrogen-bond donors (Lipinski definition) is 0. The van der Waals surface area contributed by atoms with Crippen LogP contribution < -0.4 is 5.56 Å². The van der Waals surface area contributed by atoms with E-state index in [1.165, 1.54) is 0 Å². The zero-order chi connectivity index (χ0) is 16.1. The van der Waals surface area contributed by atoms with Crippen LogP contribution in [0.25, 0.3) is 11.3 Å². The quantitative estimate of drug-likeness (QED) is 0.807. The van der Waals surface area contributed by atoms with Crippen molar-refractivity contribution in [2.24, 2.45) is 0 Å². The maximum Gasteiger partial charge on any atom is 0.266 e. The molecule has 23 heavy (non-hydrogen) atoms. The fourth-order valence-corrected chi connectivity index (χ4v) is 3.05. The van der Waals surface area contributed by atoms with E-state index in [-0.39, 0.29) is 5.56 Å². The van der Waals surface area contributed by atoms with E-state index < -0.39 is 0 Å². The van der Waals surface area contributed by atoms with Crippen LogP contribution in [0.3, 0.4) is 0 Å². The molecule has 1 saturated heterocycles. The van der Waals surface area contributed by atoms with E-state index in [9.17, 15) is 4.79 Å². The van der Waals surface area contributed by atoms with Crippen LogP contribution in [0.2, 0.25) is 0 Å². The fraction of sp³-hybridized carbons (Fsp3) is 0.471. The molecule has 0 radical (unpaired) electrons. The van der Waals surface area contributed by atoms with Gasteiger partial charge in [0.05, 0.1) is 18.8 Å². The highest BCUT2D eigenvalue weighted by molar-refractivity contribution is 5.56. The molecule has 1 unspecified atom stereocenters. The predicted octanol–water partition coefficient (Wildman–Crippen LogP) is 1.42. The van der Waals surface area contributed by atoms with Crippen molar-refractivity contribution in [3.63, 3.8) is 0 Å². The molecule has 3 heterocycles. The number of pyridine rings is 1. The summed E-state index contributed by atoms with van der Waals surface area (Å²) >= 11 is 0. The van der Waals surface area contributed by atoms with Gasteiger partial charge in [0.15, 0.2) is 0 Å². The van der Waals surface area contributed by atoms with Gasteiger partial charge in [0, 0.05) is 43.7 Å². The van der Waals surface area contributed by atoms with Crippen molar-refractivity contribution in [2.45, 2.75) is 25.4 Å². The van der Waals surface area contributed by atoms with Gasteiger partial charge in [-0.2, -0.15) is 5.10 Å². The van der Waals surface area contributed by atoms with Gasteiger partial charge < -0.3 is 4.74 Å². The van der Waals surface area contributed by atoms with Crippen molar-refractivity contribution >= 4 is 0 Å². The molecule has 1 fully saturated rings. The van der Waals surface area contributed by atoms with Crippen LogP contribution in [0.4, 0.5) is 0 Å². The van der Waals surface area contributed by atoms with Crippen LogP contribution in [-0.2, 0) is 11.3 Å². The molecule has 2 aromatic heterocycles. The first kappa shape index (κ1) is 15.8. The molecule has 3 rings (SSSR count). The van der Waals surface area contributed by atoms with Crippen LogP contribution in [-0.4, -0.2) is 52.5 Å². The Bertz CT molecular complexity index is 686. The number of nitrogens with zero attached hydrogens (tertiary/aromatic N) is 4. The minimum Gasteiger partial charge on any atom is -0.383 e. The van der Waals surface area contributed by atoms with Gasteiger partial charge in [-0.1, -0.05) is 0 Å². The lowest BCUT2D eigenvalue weighted by atomic mass is 10.2. The molecule has 0 spiro atoms. The van der Waals surface area contributed by atoms with E-state index >= 15 is 0 Å². The molecule has 1 aliphatic heterocycles. The summed E-state index contributed by atoms with van der Waals surface area (Å²) in [6, 6.07) is 7.51. The van der Waals surface area contributed by atoms with E-state index in [1.807, 2.05) is 12.1 Å². The summed E-state index contributed by atoms with van der Waals surface area (Å²) in [5.74, 6) is 0. The van der Waals surface area contributed by atoms with E-state index in [4.69, 9.17) is 4.74 Å². The van der Waals surface area contributed by atoms with Crippen molar-refractivity contribution < 1.29 is 4.74 Å². The molecule has 0 amide bonds. The second-order valence-corrected chi connectivity index (χ2v) is 5.81. The summed E-state index contributed by atoms with van der Waals surface area (Å²) in [5.41, 5.74) is 1.64. The first-order valence-corrected chi connectivity index (χ1v) is 7.99. The van der Waals surface area contributed by atoms with Gasteiger partial charge in [-0.05, 0) is 37.6 Å². The van der Waals surface area contributed by atoms with Crippen molar-refractivity contribution in [2.75, 3.05) is 26.8 Å². The number of ether oxygens (including phenoxy) is 1. The average molecular weight is 314 g/mol. The predicted molar refractivity (Wildman–Crippen MR) is 88.2 cm³/mol. The van der Waals surface area contributed by atoms with E-state index in [0.29, 0.717) is 19.2 Å². The van der Waals surface area contributed by atoms with E-state index in [0.717, 1.165) is 37.2 Å². The van der Waals surface area contributed by atoms with Crippen LogP contribution in [0.5, 0.6) is 0 Å². The lowest BCUT2D eigenvalue weighted by Gasteiger charge is -2.24. The van der Waals surface area contributed by atoms with Gasteiger partial charge in [-0.3, -0.25) is 14.7 Å². The molecule has 122 valence electrons. The molecule has 0 bridgehead atoms. The zero-order valence-corrected chi connectivity index (χ0v) is 13.4. The summed E-state index contributed by atoms with van der Waals surface area (Å²) in [6.07, 6.45) is 5.74. The highest BCUT2D eigenvalue weighted by Crippen LogP contribution is 2.18. The maximum absolute atomic E-state index is 12.2. The van der Waals surface area contributed by atoms with Crippen LogP contribution in [0.15, 0.2) is 41.5 Å². The van der Waals surface area contributed by atoms with Crippen LogP contribution >= 0.6 is 0 Å². The molecule has 0 saturated carbocycles. The highest BCUT2D eigenvalue weighted by atomic mass is 16.5. The topological polar surface area (TPSA) is 60.2 Å². The smallest absolute Gasteiger partial charge is 0.266 e. The standard InChI is InChI=1S/C17H22N4O2/c1-23-11-10-20-9-3-5-15(20)13-21-17(22)7-6-16(19-21)14-4-2-8-18-12-14/h2,4,6-8,12,15H,3,5,9-11,13H2,1H3. The maximum atomic E-state index is 12.2. The van der Waals surface area contributed by atoms with Gasteiger partial charge >= 0.3 is 0 Å². The van der Waals surface area contributed by atoms with Crippen molar-refractivity contribution in [1.29, 1.82) is 0 Å². The second kappa shape index (κ2) is 7.48. The molecule has 0 N–H and O–H groups in total. The lowest BCUT2D eigenvalue weighted by Crippen LogP contribution is -2.38. The molecule has 6 heteroatoms. The number of methoxy groups -OCH3 is 1. The lowest BCUT2D eigenvalue weighted by molar-refractivity contribution is 0.134. The molecular weight excluding hydrogens is 292 g/mol. The molecule has 6 nitrogen and oxygen atoms in total. The molecular formula is C17H22N4O2. The average Bonchev–Trinajstić information content (AvgIpc) is 3.03. The third-order valence-electron chi connectivity index (χ3n) is 4.29. The Morgan fingerprint density at radius 1 is 1.35 bits per heavy atom. The molecule has 1 aliphatic rings. The Morgan fingerprint density at radius 2 is 2.26 bits per heavy atom. The van der Waals surface area contributed by atoms with Gasteiger partial charge in [0.1, 0.15) is 0 Å². The minimum atomic E-state index is -0.0590. The number of rotatable bonds is 6. The van der Waals surface area contributed by atoms with E-state index in [2.05, 4.69) is 15.0 Å². The molecule has 2 aromatic rings. The Kier molecular flexibility index (Phi) is 5.15. The molecule has 0 aromatic carbocycles. The van der Waals surface area contributed by atoms with E-state index in [1.54, 1.807) is 36.3 Å². The van der Waals surface area contributed by atoms with Crippen LogP contribution in [0, 0.1) is 0 Å². The number of aromatic nitrogens is 3. The summed E-state index contributed by atoms with van der Waals surface area (Å²) in [4.78, 5) is 18.6. The number of hydrogen-bond acceptors (Lipinski definition) is 5. The highest BCUT2D eigenvalue weighted by Gasteiger charge is 2.25. The minimum absolute atomic E-state index is 0.0590. The summed E-state index contributed by atoms with van der Waals surface area (Å²) in [6.45, 7) is 3.30. The van der Waals surface area contributed by atoms with Gasteiger partial charge in [0.25, 0.3) is 5.56 Å². The Morgan fingerprint density at radius 3 is 3.04 bits per heavy atom.